The number of thiocarbonyl (C=S) groups is 1. The normalized spacial score (nSPS) is 15.1. The average Bonchev–Trinajstić information content (AvgIpc) is 2.52. The van der Waals surface area contributed by atoms with E-state index in [1.54, 1.807) is 0 Å². The molecule has 1 fully saturated rings. The van der Waals surface area contributed by atoms with Crippen LogP contribution in [0.2, 0.25) is 0 Å². The molecule has 1 aliphatic heterocycles. The minimum Gasteiger partial charge on any atom is -0.302 e. The lowest BCUT2D eigenvalue weighted by molar-refractivity contribution is -0.135. The van der Waals surface area contributed by atoms with Crippen LogP contribution in [-0.4, -0.2) is 21.8 Å². The molecule has 0 spiro atoms. The second-order valence-corrected chi connectivity index (χ2v) is 5.40. The van der Waals surface area contributed by atoms with Gasteiger partial charge >= 0.3 is 0 Å². The Kier molecular flexibility index (Phi) is 3.98. The molecule has 0 unspecified atom stereocenters. The van der Waals surface area contributed by atoms with Crippen LogP contribution in [0.5, 0.6) is 0 Å². The van der Waals surface area contributed by atoms with Gasteiger partial charge in [0.2, 0.25) is 11.8 Å². The number of hydrogen-bond acceptors (Lipinski definition) is 3. The molecule has 1 N–H and O–H groups in total. The van der Waals surface area contributed by atoms with Crippen molar-refractivity contribution in [3.63, 3.8) is 0 Å². The summed E-state index contributed by atoms with van der Waals surface area (Å²) >= 11 is 5.23. The van der Waals surface area contributed by atoms with Gasteiger partial charge in [0.1, 0.15) is 6.42 Å². The second kappa shape index (κ2) is 6.07. The molecule has 2 aromatic rings. The molecule has 0 aromatic heterocycles. The van der Waals surface area contributed by atoms with Gasteiger partial charge in [0, 0.05) is 0 Å². The molecule has 1 aliphatic rings. The van der Waals surface area contributed by atoms with Crippen LogP contribution in [0, 0.1) is 0 Å². The van der Waals surface area contributed by atoms with Gasteiger partial charge in [-0.2, -0.15) is 0 Å². The Bertz CT molecular complexity index is 656. The van der Waals surface area contributed by atoms with Gasteiger partial charge in [-0.25, -0.2) is 0 Å². The van der Waals surface area contributed by atoms with Gasteiger partial charge in [-0.3, -0.25) is 14.5 Å². The number of nitrogens with one attached hydrogen (secondary N) is 1. The number of rotatable bonds is 3. The molecule has 2 amide bonds. The molecule has 0 atom stereocenters. The molecule has 0 radical (unpaired) electrons. The van der Waals surface area contributed by atoms with Crippen molar-refractivity contribution in [2.45, 2.75) is 12.5 Å². The molecule has 5 heteroatoms. The minimum atomic E-state index is -0.355. The van der Waals surface area contributed by atoms with Crippen molar-refractivity contribution in [2.24, 2.45) is 0 Å². The summed E-state index contributed by atoms with van der Waals surface area (Å²) in [5.41, 5.74) is 1.89. The van der Waals surface area contributed by atoms with Gasteiger partial charge in [0.05, 0.1) is 6.04 Å². The van der Waals surface area contributed by atoms with E-state index >= 15 is 0 Å². The highest BCUT2D eigenvalue weighted by molar-refractivity contribution is 7.80. The fourth-order valence-corrected chi connectivity index (χ4v) is 2.90. The molecule has 0 saturated carbocycles. The van der Waals surface area contributed by atoms with Crippen molar-refractivity contribution in [2.75, 3.05) is 0 Å². The van der Waals surface area contributed by atoms with Crippen LogP contribution in [0.4, 0.5) is 0 Å². The summed E-state index contributed by atoms with van der Waals surface area (Å²) in [5, 5.41) is 2.73. The van der Waals surface area contributed by atoms with Crippen LogP contribution >= 0.6 is 12.2 Å². The summed E-state index contributed by atoms with van der Waals surface area (Å²) in [6.07, 6.45) is -0.184. The van der Waals surface area contributed by atoms with Crippen LogP contribution in [0.3, 0.4) is 0 Å². The Balaban J connectivity index is 2.08. The lowest BCUT2D eigenvalue weighted by atomic mass is 9.96. The molecule has 4 nitrogen and oxygen atoms in total. The number of amides is 2. The molecular formula is C17H14N2O2S. The van der Waals surface area contributed by atoms with E-state index in [0.29, 0.717) is 0 Å². The lowest BCUT2D eigenvalue weighted by Crippen LogP contribution is -2.53. The maximum absolute atomic E-state index is 12.4. The zero-order chi connectivity index (χ0) is 15.5. The standard InChI is InChI=1S/C17H14N2O2S/c20-14-11-15(21)19(17(22)18-14)16(12-7-3-1-4-8-12)13-9-5-2-6-10-13/h1-10,16H,11H2,(H,18,20,22). The van der Waals surface area contributed by atoms with Crippen LogP contribution in [0.15, 0.2) is 60.7 Å². The first-order valence-corrected chi connectivity index (χ1v) is 7.33. The third-order valence-corrected chi connectivity index (χ3v) is 3.83. The highest BCUT2D eigenvalue weighted by Gasteiger charge is 2.35. The van der Waals surface area contributed by atoms with Crippen LogP contribution in [0.1, 0.15) is 23.6 Å². The fourth-order valence-electron chi connectivity index (χ4n) is 2.58. The Morgan fingerprint density at radius 3 is 1.86 bits per heavy atom. The van der Waals surface area contributed by atoms with E-state index in [0.717, 1.165) is 11.1 Å². The van der Waals surface area contributed by atoms with Gasteiger partial charge in [0.25, 0.3) is 0 Å². The second-order valence-electron chi connectivity index (χ2n) is 5.02. The van der Waals surface area contributed by atoms with Crippen molar-refractivity contribution in [1.82, 2.24) is 10.2 Å². The van der Waals surface area contributed by atoms with Crippen molar-refractivity contribution < 1.29 is 9.59 Å². The van der Waals surface area contributed by atoms with Crippen molar-refractivity contribution in [3.05, 3.63) is 71.8 Å². The van der Waals surface area contributed by atoms with E-state index in [-0.39, 0.29) is 29.4 Å². The van der Waals surface area contributed by atoms with Gasteiger partial charge < -0.3 is 5.32 Å². The first kappa shape index (κ1) is 14.4. The number of hydrogen-bond donors (Lipinski definition) is 1. The van der Waals surface area contributed by atoms with Gasteiger partial charge in [-0.15, -0.1) is 0 Å². The van der Waals surface area contributed by atoms with E-state index in [2.05, 4.69) is 5.32 Å². The van der Waals surface area contributed by atoms with Crippen molar-refractivity contribution in [3.8, 4) is 0 Å². The SMILES string of the molecule is O=C1CC(=O)N(C(c2ccccc2)c2ccccc2)C(=S)N1. The van der Waals surface area contributed by atoms with E-state index in [1.165, 1.54) is 4.90 Å². The molecule has 3 rings (SSSR count). The number of nitrogens with zero attached hydrogens (tertiary/aromatic N) is 1. The highest BCUT2D eigenvalue weighted by atomic mass is 32.1. The van der Waals surface area contributed by atoms with Crippen LogP contribution < -0.4 is 5.32 Å². The van der Waals surface area contributed by atoms with Crippen molar-refractivity contribution >= 4 is 29.1 Å². The Morgan fingerprint density at radius 2 is 1.41 bits per heavy atom. The van der Waals surface area contributed by atoms with Crippen LogP contribution in [-0.2, 0) is 9.59 Å². The summed E-state index contributed by atoms with van der Waals surface area (Å²) < 4.78 is 0. The average molecular weight is 310 g/mol. The zero-order valence-corrected chi connectivity index (χ0v) is 12.5. The molecule has 2 aromatic carbocycles. The molecule has 1 heterocycles. The maximum Gasteiger partial charge on any atom is 0.239 e. The molecular weight excluding hydrogens is 296 g/mol. The fraction of sp³-hybridized carbons (Fsp3) is 0.118. The van der Waals surface area contributed by atoms with E-state index in [9.17, 15) is 9.59 Å². The molecule has 0 bridgehead atoms. The van der Waals surface area contributed by atoms with Gasteiger partial charge in [0.15, 0.2) is 5.11 Å². The summed E-state index contributed by atoms with van der Waals surface area (Å²) in [4.78, 5) is 25.3. The highest BCUT2D eigenvalue weighted by Crippen LogP contribution is 2.30. The Labute approximate surface area is 133 Å². The molecule has 110 valence electrons. The molecule has 1 saturated heterocycles. The summed E-state index contributed by atoms with van der Waals surface area (Å²) in [6.45, 7) is 0. The predicted molar refractivity (Wildman–Crippen MR) is 86.9 cm³/mol. The summed E-state index contributed by atoms with van der Waals surface area (Å²) in [6, 6.07) is 19.0. The smallest absolute Gasteiger partial charge is 0.239 e. The largest absolute Gasteiger partial charge is 0.302 e. The molecule has 0 aliphatic carbocycles. The van der Waals surface area contributed by atoms with Gasteiger partial charge in [-0.1, -0.05) is 60.7 Å². The van der Waals surface area contributed by atoms with Crippen molar-refractivity contribution in [1.29, 1.82) is 0 Å². The third-order valence-electron chi connectivity index (χ3n) is 3.53. The zero-order valence-electron chi connectivity index (χ0n) is 11.7. The van der Waals surface area contributed by atoms with E-state index in [1.807, 2.05) is 60.7 Å². The number of benzene rings is 2. The van der Waals surface area contributed by atoms with E-state index in [4.69, 9.17) is 12.2 Å². The van der Waals surface area contributed by atoms with Crippen LogP contribution in [0.25, 0.3) is 0 Å². The third kappa shape index (κ3) is 2.76. The van der Waals surface area contributed by atoms with Gasteiger partial charge in [-0.05, 0) is 23.3 Å². The summed E-state index contributed by atoms with van der Waals surface area (Å²) in [7, 11) is 0. The topological polar surface area (TPSA) is 49.4 Å². The minimum absolute atomic E-state index is 0.152. The Hall–Kier alpha value is -2.53. The maximum atomic E-state index is 12.4. The first-order valence-electron chi connectivity index (χ1n) is 6.92. The predicted octanol–water partition coefficient (Wildman–Crippen LogP) is 2.41. The van der Waals surface area contributed by atoms with E-state index < -0.39 is 0 Å². The lowest BCUT2D eigenvalue weighted by Gasteiger charge is -2.35. The number of carbonyl (C=O) groups excluding carboxylic acids is 2. The monoisotopic (exact) mass is 310 g/mol. The Morgan fingerprint density at radius 1 is 0.909 bits per heavy atom. The quantitative estimate of drug-likeness (QED) is 0.699. The number of carbonyl (C=O) groups is 2. The molecule has 22 heavy (non-hydrogen) atoms. The summed E-state index contributed by atoms with van der Waals surface area (Å²) in [5.74, 6) is -0.641. The first-order chi connectivity index (χ1) is 10.7.